The van der Waals surface area contributed by atoms with E-state index in [1.165, 1.54) is 15.9 Å². The van der Waals surface area contributed by atoms with Crippen LogP contribution in [0.2, 0.25) is 10.0 Å². The smallest absolute Gasteiger partial charge is 0.244 e. The van der Waals surface area contributed by atoms with Gasteiger partial charge in [-0.05, 0) is 49.6 Å². The highest BCUT2D eigenvalue weighted by atomic mass is 35.5. The van der Waals surface area contributed by atoms with Crippen molar-refractivity contribution in [1.82, 2.24) is 9.21 Å². The van der Waals surface area contributed by atoms with Gasteiger partial charge in [0, 0.05) is 31.2 Å². The minimum absolute atomic E-state index is 0.142. The summed E-state index contributed by atoms with van der Waals surface area (Å²) in [6, 6.07) is 13.5. The van der Waals surface area contributed by atoms with Gasteiger partial charge < -0.3 is 4.90 Å². The molecule has 1 aliphatic rings. The zero-order valence-electron chi connectivity index (χ0n) is 15.4. The topological polar surface area (TPSA) is 40.6 Å². The molecule has 0 bridgehead atoms. The minimum Gasteiger partial charge on any atom is -0.301 e. The average Bonchev–Trinajstić information content (AvgIpc) is 2.66. The van der Waals surface area contributed by atoms with E-state index in [2.05, 4.69) is 29.2 Å². The van der Waals surface area contributed by atoms with Gasteiger partial charge in [0.15, 0.2) is 0 Å². The zero-order valence-corrected chi connectivity index (χ0v) is 17.7. The lowest BCUT2D eigenvalue weighted by molar-refractivity contribution is 0.187. The van der Waals surface area contributed by atoms with Crippen LogP contribution in [-0.2, 0) is 16.4 Å². The van der Waals surface area contributed by atoms with Crippen molar-refractivity contribution in [2.75, 3.05) is 32.7 Å². The first-order chi connectivity index (χ1) is 12.9. The Kier molecular flexibility index (Phi) is 6.82. The van der Waals surface area contributed by atoms with Gasteiger partial charge in [-0.2, -0.15) is 4.31 Å². The molecule has 27 heavy (non-hydrogen) atoms. The van der Waals surface area contributed by atoms with Crippen LogP contribution in [0.15, 0.2) is 47.4 Å². The van der Waals surface area contributed by atoms with Crippen LogP contribution in [-0.4, -0.2) is 50.3 Å². The molecule has 0 aromatic heterocycles. The number of hydrogen-bond donors (Lipinski definition) is 0. The summed E-state index contributed by atoms with van der Waals surface area (Å²) in [7, 11) is -3.60. The molecule has 3 rings (SSSR count). The van der Waals surface area contributed by atoms with Crippen LogP contribution in [0.5, 0.6) is 0 Å². The highest BCUT2D eigenvalue weighted by molar-refractivity contribution is 7.89. The number of rotatable bonds is 6. The quantitative estimate of drug-likeness (QED) is 0.693. The first-order valence-electron chi connectivity index (χ1n) is 9.10. The van der Waals surface area contributed by atoms with E-state index in [-0.39, 0.29) is 9.92 Å². The van der Waals surface area contributed by atoms with E-state index in [0.29, 0.717) is 23.7 Å². The summed E-state index contributed by atoms with van der Waals surface area (Å²) in [5.41, 5.74) is 2.05. The molecule has 0 amide bonds. The Morgan fingerprint density at radius 2 is 1.63 bits per heavy atom. The maximum absolute atomic E-state index is 13.0. The third-order valence-electron chi connectivity index (χ3n) is 4.94. The van der Waals surface area contributed by atoms with E-state index >= 15 is 0 Å². The summed E-state index contributed by atoms with van der Waals surface area (Å²) >= 11 is 12.2. The maximum atomic E-state index is 13.0. The molecule has 2 aromatic rings. The van der Waals surface area contributed by atoms with Crippen LogP contribution in [0.4, 0.5) is 0 Å². The lowest BCUT2D eigenvalue weighted by Gasteiger charge is -2.34. The van der Waals surface area contributed by atoms with Gasteiger partial charge in [-0.15, -0.1) is 0 Å². The van der Waals surface area contributed by atoms with E-state index < -0.39 is 10.0 Å². The fourth-order valence-corrected chi connectivity index (χ4v) is 5.54. The number of nitrogens with zero attached hydrogens (tertiary/aromatic N) is 2. The fraction of sp³-hybridized carbons (Fsp3) is 0.400. The monoisotopic (exact) mass is 426 g/mol. The molecule has 0 aliphatic carbocycles. The Balaban J connectivity index is 1.56. The van der Waals surface area contributed by atoms with Crippen LogP contribution in [0.3, 0.4) is 0 Å². The largest absolute Gasteiger partial charge is 0.301 e. The van der Waals surface area contributed by atoms with Gasteiger partial charge in [-0.25, -0.2) is 8.42 Å². The van der Waals surface area contributed by atoms with Gasteiger partial charge in [0.05, 0.1) is 5.02 Å². The van der Waals surface area contributed by atoms with Crippen LogP contribution in [0.1, 0.15) is 17.5 Å². The molecule has 1 fully saturated rings. The Bertz CT molecular complexity index is 880. The number of sulfonamides is 1. The Morgan fingerprint density at radius 1 is 0.963 bits per heavy atom. The molecule has 0 N–H and O–H groups in total. The number of halogens is 2. The highest BCUT2D eigenvalue weighted by Gasteiger charge is 2.30. The van der Waals surface area contributed by atoms with Crippen molar-refractivity contribution in [1.29, 1.82) is 0 Å². The molecule has 1 aliphatic heterocycles. The van der Waals surface area contributed by atoms with Gasteiger partial charge in [0.2, 0.25) is 10.0 Å². The van der Waals surface area contributed by atoms with Crippen LogP contribution < -0.4 is 0 Å². The Morgan fingerprint density at radius 3 is 2.30 bits per heavy atom. The van der Waals surface area contributed by atoms with Gasteiger partial charge in [0.25, 0.3) is 0 Å². The highest BCUT2D eigenvalue weighted by Crippen LogP contribution is 2.30. The SMILES string of the molecule is Cc1cc(S(=O)(=O)N2CCN(CCCc3ccccc3)CC2)c(Cl)cc1Cl. The zero-order chi connectivity index (χ0) is 19.4. The summed E-state index contributed by atoms with van der Waals surface area (Å²) in [4.78, 5) is 2.47. The van der Waals surface area contributed by atoms with Crippen molar-refractivity contribution in [3.63, 3.8) is 0 Å². The van der Waals surface area contributed by atoms with Crippen molar-refractivity contribution in [3.05, 3.63) is 63.6 Å². The molecule has 7 heteroatoms. The number of hydrogen-bond acceptors (Lipinski definition) is 3. The lowest BCUT2D eigenvalue weighted by Crippen LogP contribution is -2.48. The van der Waals surface area contributed by atoms with Crippen LogP contribution in [0, 0.1) is 6.92 Å². The lowest BCUT2D eigenvalue weighted by atomic mass is 10.1. The maximum Gasteiger partial charge on any atom is 0.244 e. The fourth-order valence-electron chi connectivity index (χ4n) is 3.31. The van der Waals surface area contributed by atoms with Crippen molar-refractivity contribution >= 4 is 33.2 Å². The molecule has 0 unspecified atom stereocenters. The molecular formula is C20H24Cl2N2O2S. The van der Waals surface area contributed by atoms with E-state index in [0.717, 1.165) is 32.5 Å². The molecule has 0 atom stereocenters. The molecule has 1 heterocycles. The van der Waals surface area contributed by atoms with E-state index in [1.54, 1.807) is 13.0 Å². The standard InChI is InChI=1S/C20H24Cl2N2O2S/c1-16-14-20(19(22)15-18(16)21)27(25,26)24-12-10-23(11-13-24)9-5-8-17-6-3-2-4-7-17/h2-4,6-7,14-15H,5,8-13H2,1H3. The predicted molar refractivity (Wildman–Crippen MR) is 111 cm³/mol. The third kappa shape index (κ3) is 5.04. The first-order valence-corrected chi connectivity index (χ1v) is 11.3. The van der Waals surface area contributed by atoms with Gasteiger partial charge in [-0.1, -0.05) is 53.5 Å². The average molecular weight is 427 g/mol. The van der Waals surface area contributed by atoms with Crippen molar-refractivity contribution < 1.29 is 8.42 Å². The summed E-state index contributed by atoms with van der Waals surface area (Å²) in [6.07, 6.45) is 2.11. The van der Waals surface area contributed by atoms with Gasteiger partial charge >= 0.3 is 0 Å². The Labute approximate surface area is 171 Å². The second-order valence-electron chi connectivity index (χ2n) is 6.87. The second-order valence-corrected chi connectivity index (χ2v) is 9.59. The van der Waals surface area contributed by atoms with E-state index in [1.807, 2.05) is 6.07 Å². The summed E-state index contributed by atoms with van der Waals surface area (Å²) in [5.74, 6) is 0. The molecular weight excluding hydrogens is 403 g/mol. The number of aryl methyl sites for hydroxylation is 2. The third-order valence-corrected chi connectivity index (χ3v) is 7.72. The molecule has 0 radical (unpaired) electrons. The Hall–Kier alpha value is -1.11. The van der Waals surface area contributed by atoms with Crippen molar-refractivity contribution in [2.45, 2.75) is 24.7 Å². The van der Waals surface area contributed by atoms with Crippen molar-refractivity contribution in [2.24, 2.45) is 0 Å². The predicted octanol–water partition coefficient (Wildman–Crippen LogP) is 4.24. The first kappa shape index (κ1) is 20.6. The molecule has 4 nitrogen and oxygen atoms in total. The molecule has 0 saturated carbocycles. The second kappa shape index (κ2) is 8.93. The molecule has 146 valence electrons. The minimum atomic E-state index is -3.60. The van der Waals surface area contributed by atoms with E-state index in [4.69, 9.17) is 23.2 Å². The normalized spacial score (nSPS) is 16.6. The summed E-state index contributed by atoms with van der Waals surface area (Å²) in [5, 5.41) is 0.651. The molecule has 0 spiro atoms. The summed E-state index contributed by atoms with van der Waals surface area (Å²) in [6.45, 7) is 5.18. The summed E-state index contributed by atoms with van der Waals surface area (Å²) < 4.78 is 27.4. The van der Waals surface area contributed by atoms with Crippen LogP contribution >= 0.6 is 23.2 Å². The van der Waals surface area contributed by atoms with E-state index in [9.17, 15) is 8.42 Å². The van der Waals surface area contributed by atoms with Crippen molar-refractivity contribution in [3.8, 4) is 0 Å². The molecule has 1 saturated heterocycles. The number of piperazine rings is 1. The van der Waals surface area contributed by atoms with Gasteiger partial charge in [0.1, 0.15) is 4.90 Å². The van der Waals surface area contributed by atoms with Gasteiger partial charge in [-0.3, -0.25) is 0 Å². The molecule has 2 aromatic carbocycles. The number of benzene rings is 2. The van der Waals surface area contributed by atoms with Crippen LogP contribution in [0.25, 0.3) is 0 Å².